The van der Waals surface area contributed by atoms with E-state index in [0.29, 0.717) is 16.5 Å². The zero-order chi connectivity index (χ0) is 15.6. The lowest BCUT2D eigenvalue weighted by Crippen LogP contribution is -2.24. The normalized spacial score (nSPS) is 19.9. The molecule has 108 valence electrons. The second kappa shape index (κ2) is 6.33. The number of allylic oxidation sites excluding steroid dienone is 1. The van der Waals surface area contributed by atoms with Crippen molar-refractivity contribution in [2.75, 3.05) is 0 Å². The van der Waals surface area contributed by atoms with Gasteiger partial charge in [-0.3, -0.25) is 9.59 Å². The number of nitrogens with one attached hydrogen (secondary N) is 1. The number of amides is 1. The Bertz CT molecular complexity index is 691. The van der Waals surface area contributed by atoms with E-state index in [1.165, 1.54) is 18.7 Å². The van der Waals surface area contributed by atoms with E-state index in [-0.39, 0.29) is 22.5 Å². The molecule has 1 fully saturated rings. The van der Waals surface area contributed by atoms with Gasteiger partial charge in [0.15, 0.2) is 5.78 Å². The minimum absolute atomic E-state index is 0.00205. The van der Waals surface area contributed by atoms with E-state index in [1.54, 1.807) is 0 Å². The van der Waals surface area contributed by atoms with Crippen molar-refractivity contribution in [2.24, 2.45) is 0 Å². The van der Waals surface area contributed by atoms with Crippen molar-refractivity contribution in [3.63, 3.8) is 0 Å². The van der Waals surface area contributed by atoms with Crippen LogP contribution in [0.4, 0.5) is 0 Å². The van der Waals surface area contributed by atoms with Crippen molar-refractivity contribution in [1.82, 2.24) is 5.32 Å². The molecule has 21 heavy (non-hydrogen) atoms. The Morgan fingerprint density at radius 1 is 1.52 bits per heavy atom. The van der Waals surface area contributed by atoms with Gasteiger partial charge in [-0.2, -0.15) is 5.26 Å². The number of nitrogens with zero attached hydrogens (tertiary/aromatic N) is 1. The van der Waals surface area contributed by atoms with Gasteiger partial charge >= 0.3 is 0 Å². The molecule has 1 aromatic rings. The highest BCUT2D eigenvalue weighted by atomic mass is 35.5. The van der Waals surface area contributed by atoms with E-state index in [1.807, 2.05) is 31.2 Å². The number of hydrogen-bond donors (Lipinski definition) is 1. The Hall–Kier alpha value is -1.77. The summed E-state index contributed by atoms with van der Waals surface area (Å²) in [5, 5.41) is 12.2. The molecule has 0 saturated carbocycles. The number of rotatable bonds is 3. The van der Waals surface area contributed by atoms with Crippen LogP contribution in [-0.4, -0.2) is 16.9 Å². The molecule has 1 N–H and O–H groups in total. The van der Waals surface area contributed by atoms with Gasteiger partial charge in [0.05, 0.1) is 10.3 Å². The van der Waals surface area contributed by atoms with Crippen LogP contribution in [0.1, 0.15) is 18.1 Å². The first-order chi connectivity index (χ1) is 9.92. The number of carbonyl (C=O) groups excluding carboxylic acids is 2. The summed E-state index contributed by atoms with van der Waals surface area (Å²) in [6.45, 7) is 3.22. The number of nitriles is 1. The molecule has 0 spiro atoms. The molecule has 0 aromatic heterocycles. The fraction of sp³-hybridized carbons (Fsp3) is 0.267. The van der Waals surface area contributed by atoms with E-state index in [4.69, 9.17) is 16.9 Å². The highest BCUT2D eigenvalue weighted by molar-refractivity contribution is 8.04. The Kier molecular flexibility index (Phi) is 4.71. The zero-order valence-electron chi connectivity index (χ0n) is 11.6. The topological polar surface area (TPSA) is 70.0 Å². The maximum absolute atomic E-state index is 12.0. The fourth-order valence-corrected chi connectivity index (χ4v) is 3.34. The molecule has 1 saturated heterocycles. The summed E-state index contributed by atoms with van der Waals surface area (Å²) < 4.78 is 0. The molecule has 0 aliphatic carbocycles. The molecular formula is C15H13ClN2O2S. The standard InChI is InChI=1S/C15H13ClN2O2S/c1-8-3-4-10(5-12(8)16)6-13-14(20)18-15(21-13)11(7-17)9(2)19/h3-5,13H,6H2,1-2H3,(H,18,20)/b15-11-. The first-order valence-corrected chi connectivity index (χ1v) is 7.56. The molecule has 0 radical (unpaired) electrons. The van der Waals surface area contributed by atoms with Gasteiger partial charge in [0.25, 0.3) is 0 Å². The molecule has 4 nitrogen and oxygen atoms in total. The number of aryl methyl sites for hydroxylation is 1. The minimum Gasteiger partial charge on any atom is -0.318 e. The van der Waals surface area contributed by atoms with Gasteiger partial charge in [-0.1, -0.05) is 35.5 Å². The maximum atomic E-state index is 12.0. The summed E-state index contributed by atoms with van der Waals surface area (Å²) in [7, 11) is 0. The average Bonchev–Trinajstić information content (AvgIpc) is 2.75. The minimum atomic E-state index is -0.360. The fourth-order valence-electron chi connectivity index (χ4n) is 1.94. The van der Waals surface area contributed by atoms with Crippen LogP contribution in [0.2, 0.25) is 5.02 Å². The highest BCUT2D eigenvalue weighted by Crippen LogP contribution is 2.32. The monoisotopic (exact) mass is 320 g/mol. The smallest absolute Gasteiger partial charge is 0.238 e. The van der Waals surface area contributed by atoms with Crippen molar-refractivity contribution in [2.45, 2.75) is 25.5 Å². The Morgan fingerprint density at radius 3 is 2.81 bits per heavy atom. The van der Waals surface area contributed by atoms with Crippen LogP contribution in [0.5, 0.6) is 0 Å². The second-order valence-corrected chi connectivity index (χ2v) is 6.38. The number of carbonyl (C=O) groups is 2. The van der Waals surface area contributed by atoms with Crippen LogP contribution >= 0.6 is 23.4 Å². The third-order valence-corrected chi connectivity index (χ3v) is 4.75. The lowest BCUT2D eigenvalue weighted by Gasteiger charge is -2.07. The second-order valence-electron chi connectivity index (χ2n) is 4.76. The third kappa shape index (κ3) is 3.46. The molecule has 1 heterocycles. The number of Topliss-reactive ketones (excluding diaryl/α,β-unsaturated/α-hetero) is 1. The van der Waals surface area contributed by atoms with Gasteiger partial charge in [-0.25, -0.2) is 0 Å². The summed E-state index contributed by atoms with van der Waals surface area (Å²) in [4.78, 5) is 23.3. The summed E-state index contributed by atoms with van der Waals surface area (Å²) in [6, 6.07) is 7.50. The zero-order valence-corrected chi connectivity index (χ0v) is 13.1. The molecule has 1 atom stereocenters. The van der Waals surface area contributed by atoms with E-state index in [9.17, 15) is 9.59 Å². The van der Waals surface area contributed by atoms with Crippen LogP contribution in [0, 0.1) is 18.3 Å². The van der Waals surface area contributed by atoms with Crippen molar-refractivity contribution in [3.05, 3.63) is 45.0 Å². The van der Waals surface area contributed by atoms with Crippen molar-refractivity contribution < 1.29 is 9.59 Å². The van der Waals surface area contributed by atoms with E-state index >= 15 is 0 Å². The molecular weight excluding hydrogens is 308 g/mol. The van der Waals surface area contributed by atoms with E-state index in [2.05, 4.69) is 5.32 Å². The van der Waals surface area contributed by atoms with Gasteiger partial charge in [-0.15, -0.1) is 0 Å². The highest BCUT2D eigenvalue weighted by Gasteiger charge is 2.32. The third-order valence-electron chi connectivity index (χ3n) is 3.14. The first kappa shape index (κ1) is 15.6. The summed E-state index contributed by atoms with van der Waals surface area (Å²) in [5.41, 5.74) is 1.92. The molecule has 1 aliphatic heterocycles. The Balaban J connectivity index is 2.20. The van der Waals surface area contributed by atoms with E-state index < -0.39 is 0 Å². The van der Waals surface area contributed by atoms with Gasteiger partial charge in [0.1, 0.15) is 11.6 Å². The molecule has 1 aliphatic rings. The predicted molar refractivity (Wildman–Crippen MR) is 82.7 cm³/mol. The number of halogens is 1. The number of ketones is 1. The van der Waals surface area contributed by atoms with Crippen LogP contribution in [0.3, 0.4) is 0 Å². The molecule has 1 unspecified atom stereocenters. The largest absolute Gasteiger partial charge is 0.318 e. The summed E-state index contributed by atoms with van der Waals surface area (Å²) in [5.74, 6) is -0.542. The Morgan fingerprint density at radius 2 is 2.24 bits per heavy atom. The van der Waals surface area contributed by atoms with Crippen LogP contribution in [0.25, 0.3) is 0 Å². The molecule has 6 heteroatoms. The number of thioether (sulfide) groups is 1. The lowest BCUT2D eigenvalue weighted by molar-refractivity contribution is -0.119. The number of hydrogen-bond acceptors (Lipinski definition) is 4. The first-order valence-electron chi connectivity index (χ1n) is 6.30. The van der Waals surface area contributed by atoms with Crippen molar-refractivity contribution in [1.29, 1.82) is 5.26 Å². The molecule has 1 aromatic carbocycles. The van der Waals surface area contributed by atoms with Crippen molar-refractivity contribution >= 4 is 35.1 Å². The van der Waals surface area contributed by atoms with Crippen molar-refractivity contribution in [3.8, 4) is 6.07 Å². The van der Waals surface area contributed by atoms with Gasteiger partial charge in [-0.05, 0) is 37.5 Å². The molecule has 1 amide bonds. The number of benzene rings is 1. The average molecular weight is 321 g/mol. The van der Waals surface area contributed by atoms with Crippen LogP contribution in [-0.2, 0) is 16.0 Å². The van der Waals surface area contributed by atoms with Crippen LogP contribution in [0.15, 0.2) is 28.8 Å². The quantitative estimate of drug-likeness (QED) is 0.686. The van der Waals surface area contributed by atoms with Gasteiger partial charge < -0.3 is 5.32 Å². The van der Waals surface area contributed by atoms with Gasteiger partial charge in [0.2, 0.25) is 5.91 Å². The molecule has 0 bridgehead atoms. The summed E-state index contributed by atoms with van der Waals surface area (Å²) in [6.07, 6.45) is 0.497. The SMILES string of the molecule is CC(=O)/C(C#N)=C1/NC(=O)C(Cc2ccc(C)c(Cl)c2)S1. The van der Waals surface area contributed by atoms with Gasteiger partial charge in [0, 0.05) is 5.02 Å². The summed E-state index contributed by atoms with van der Waals surface area (Å²) >= 11 is 7.29. The van der Waals surface area contributed by atoms with Crippen LogP contribution < -0.4 is 5.32 Å². The predicted octanol–water partition coefficient (Wildman–Crippen LogP) is 2.75. The van der Waals surface area contributed by atoms with E-state index in [0.717, 1.165) is 11.1 Å². The Labute approximate surface area is 132 Å². The maximum Gasteiger partial charge on any atom is 0.238 e. The lowest BCUT2D eigenvalue weighted by atomic mass is 10.1. The molecule has 2 rings (SSSR count).